The molecule has 0 saturated carbocycles. The van der Waals surface area contributed by atoms with Crippen LogP contribution in [-0.4, -0.2) is 60.4 Å². The zero-order valence-corrected chi connectivity index (χ0v) is 25.7. The number of hydrogen-bond donors (Lipinski definition) is 2. The summed E-state index contributed by atoms with van der Waals surface area (Å²) in [6.45, 7) is -0.186. The molecule has 2 N–H and O–H groups in total. The van der Waals surface area contributed by atoms with E-state index in [1.165, 1.54) is 44.7 Å². The molecule has 0 bridgehead atoms. The van der Waals surface area contributed by atoms with Crippen molar-refractivity contribution in [3.63, 3.8) is 0 Å². The van der Waals surface area contributed by atoms with E-state index in [9.17, 15) is 18.0 Å². The fourth-order valence-corrected chi connectivity index (χ4v) is 5.65. The number of hydrazone groups is 1. The second kappa shape index (κ2) is 15.9. The van der Waals surface area contributed by atoms with Gasteiger partial charge in [0.05, 0.1) is 31.0 Å². The van der Waals surface area contributed by atoms with E-state index in [4.69, 9.17) is 14.2 Å². The molecule has 0 heterocycles. The van der Waals surface area contributed by atoms with Gasteiger partial charge in [0.2, 0.25) is 0 Å². The Balaban J connectivity index is 1.34. The van der Waals surface area contributed by atoms with Crippen molar-refractivity contribution in [2.24, 2.45) is 5.10 Å². The summed E-state index contributed by atoms with van der Waals surface area (Å²) < 4.78 is 44.4. The minimum atomic E-state index is -4.16. The largest absolute Gasteiger partial charge is 0.497 e. The molecule has 4 aromatic rings. The molecule has 11 nitrogen and oxygen atoms in total. The van der Waals surface area contributed by atoms with Crippen molar-refractivity contribution < 1.29 is 32.2 Å². The van der Waals surface area contributed by atoms with E-state index in [1.807, 2.05) is 30.3 Å². The number of nitrogens with zero attached hydrogens (tertiary/aromatic N) is 2. The van der Waals surface area contributed by atoms with Crippen molar-refractivity contribution in [2.75, 3.05) is 38.2 Å². The fourth-order valence-electron chi connectivity index (χ4n) is 4.20. The van der Waals surface area contributed by atoms with Gasteiger partial charge in [0, 0.05) is 12.6 Å². The van der Waals surface area contributed by atoms with Crippen molar-refractivity contribution >= 4 is 33.7 Å². The summed E-state index contributed by atoms with van der Waals surface area (Å²) in [6, 6.07) is 29.0. The standard InChI is InChI=1S/C33H34N4O7S/c1-42-28-17-18-30(31(21-28)43-2)37(45(40,41)29-11-7-4-8-12-29)23-32(38)36-35-22-26-13-15-27(16-14-26)44-24-33(39)34-20-19-25-9-5-3-6-10-25/h3-18,21-22H,19-20,23-24H2,1-2H3,(H,34,39)(H,36,38)/b35-22-. The van der Waals surface area contributed by atoms with E-state index >= 15 is 0 Å². The van der Waals surface area contributed by atoms with Gasteiger partial charge >= 0.3 is 0 Å². The van der Waals surface area contributed by atoms with Gasteiger partial charge in [-0.2, -0.15) is 5.10 Å². The first-order valence-electron chi connectivity index (χ1n) is 14.0. The molecule has 0 aliphatic rings. The van der Waals surface area contributed by atoms with E-state index < -0.39 is 22.5 Å². The summed E-state index contributed by atoms with van der Waals surface area (Å²) in [5.41, 5.74) is 4.31. The second-order valence-electron chi connectivity index (χ2n) is 9.60. The Hall–Kier alpha value is -5.36. The lowest BCUT2D eigenvalue weighted by atomic mass is 10.1. The molecule has 0 aromatic heterocycles. The average Bonchev–Trinajstić information content (AvgIpc) is 3.07. The average molecular weight is 631 g/mol. The Bertz CT molecular complexity index is 1700. The van der Waals surface area contributed by atoms with E-state index in [0.29, 0.717) is 23.6 Å². The number of methoxy groups -OCH3 is 2. The van der Waals surface area contributed by atoms with Crippen molar-refractivity contribution in [3.05, 3.63) is 114 Å². The van der Waals surface area contributed by atoms with Gasteiger partial charge in [0.1, 0.15) is 23.8 Å². The van der Waals surface area contributed by atoms with Gasteiger partial charge in [0.15, 0.2) is 6.61 Å². The molecule has 4 aromatic carbocycles. The van der Waals surface area contributed by atoms with Gasteiger partial charge in [-0.05, 0) is 66.1 Å². The maximum Gasteiger partial charge on any atom is 0.264 e. The van der Waals surface area contributed by atoms with Crippen LogP contribution < -0.4 is 29.3 Å². The number of nitrogens with one attached hydrogen (secondary N) is 2. The van der Waals surface area contributed by atoms with Gasteiger partial charge in [-0.25, -0.2) is 13.8 Å². The first-order valence-corrected chi connectivity index (χ1v) is 15.4. The quantitative estimate of drug-likeness (QED) is 0.151. The molecular weight excluding hydrogens is 596 g/mol. The summed E-state index contributed by atoms with van der Waals surface area (Å²) in [5.74, 6) is 0.249. The van der Waals surface area contributed by atoms with Crippen LogP contribution >= 0.6 is 0 Å². The first kappa shape index (κ1) is 32.6. The fraction of sp³-hybridized carbons (Fsp3) is 0.182. The summed E-state index contributed by atoms with van der Waals surface area (Å²) >= 11 is 0. The summed E-state index contributed by atoms with van der Waals surface area (Å²) in [4.78, 5) is 25.0. The maximum absolute atomic E-state index is 13.6. The van der Waals surface area contributed by atoms with E-state index in [-0.39, 0.29) is 28.8 Å². The van der Waals surface area contributed by atoms with Crippen LogP contribution in [0.25, 0.3) is 0 Å². The van der Waals surface area contributed by atoms with Crippen LogP contribution in [0.4, 0.5) is 5.69 Å². The molecule has 0 spiro atoms. The number of carbonyl (C=O) groups excluding carboxylic acids is 2. The monoisotopic (exact) mass is 630 g/mol. The number of benzene rings is 4. The number of sulfonamides is 1. The lowest BCUT2D eigenvalue weighted by molar-refractivity contribution is -0.123. The van der Waals surface area contributed by atoms with Crippen LogP contribution in [0.2, 0.25) is 0 Å². The first-order chi connectivity index (χ1) is 21.8. The van der Waals surface area contributed by atoms with Crippen molar-refractivity contribution in [1.29, 1.82) is 0 Å². The third-order valence-electron chi connectivity index (χ3n) is 6.51. The van der Waals surface area contributed by atoms with Crippen molar-refractivity contribution in [2.45, 2.75) is 11.3 Å². The van der Waals surface area contributed by atoms with E-state index in [2.05, 4.69) is 15.8 Å². The number of rotatable bonds is 15. The van der Waals surface area contributed by atoms with Crippen LogP contribution in [0.15, 0.2) is 113 Å². The van der Waals surface area contributed by atoms with Crippen LogP contribution in [0, 0.1) is 0 Å². The van der Waals surface area contributed by atoms with Gasteiger partial charge < -0.3 is 19.5 Å². The molecule has 0 fully saturated rings. The Morgan fingerprint density at radius 2 is 1.49 bits per heavy atom. The predicted molar refractivity (Wildman–Crippen MR) is 171 cm³/mol. The Morgan fingerprint density at radius 1 is 0.822 bits per heavy atom. The third-order valence-corrected chi connectivity index (χ3v) is 8.28. The summed E-state index contributed by atoms with van der Waals surface area (Å²) in [6.07, 6.45) is 2.13. The lowest BCUT2D eigenvalue weighted by Crippen LogP contribution is -2.39. The number of carbonyl (C=O) groups is 2. The highest BCUT2D eigenvalue weighted by molar-refractivity contribution is 7.92. The van der Waals surface area contributed by atoms with Crippen molar-refractivity contribution in [3.8, 4) is 17.2 Å². The van der Waals surface area contributed by atoms with Crippen LogP contribution in [0.3, 0.4) is 0 Å². The topological polar surface area (TPSA) is 136 Å². The Kier molecular flexibility index (Phi) is 11.5. The Labute approximate surface area is 262 Å². The third kappa shape index (κ3) is 9.31. The summed E-state index contributed by atoms with van der Waals surface area (Å²) in [7, 11) is -1.28. The minimum absolute atomic E-state index is 0.00569. The molecule has 4 rings (SSSR count). The highest BCUT2D eigenvalue weighted by Gasteiger charge is 2.29. The molecule has 0 atom stereocenters. The highest BCUT2D eigenvalue weighted by Crippen LogP contribution is 2.35. The van der Waals surface area contributed by atoms with Gasteiger partial charge in [-0.3, -0.25) is 13.9 Å². The lowest BCUT2D eigenvalue weighted by Gasteiger charge is -2.25. The molecular formula is C33H34N4O7S. The molecule has 0 unspecified atom stereocenters. The molecule has 0 aliphatic heterocycles. The van der Waals surface area contributed by atoms with Crippen LogP contribution in [0.5, 0.6) is 17.2 Å². The van der Waals surface area contributed by atoms with E-state index in [1.54, 1.807) is 48.5 Å². The van der Waals surface area contributed by atoms with Crippen LogP contribution in [-0.2, 0) is 26.0 Å². The molecule has 2 amide bonds. The van der Waals surface area contributed by atoms with E-state index in [0.717, 1.165) is 16.3 Å². The van der Waals surface area contributed by atoms with Crippen molar-refractivity contribution in [1.82, 2.24) is 10.7 Å². The van der Waals surface area contributed by atoms with Gasteiger partial charge in [0.25, 0.3) is 21.8 Å². The zero-order chi connectivity index (χ0) is 32.1. The number of amides is 2. The Morgan fingerprint density at radius 3 is 2.16 bits per heavy atom. The number of hydrogen-bond acceptors (Lipinski definition) is 8. The summed E-state index contributed by atoms with van der Waals surface area (Å²) in [5, 5.41) is 6.80. The molecule has 12 heteroatoms. The molecule has 0 saturated heterocycles. The normalized spacial score (nSPS) is 11.1. The SMILES string of the molecule is COc1ccc(N(CC(=O)N/N=C\c2ccc(OCC(=O)NCCc3ccccc3)cc2)S(=O)(=O)c2ccccc2)c(OC)c1. The zero-order valence-electron chi connectivity index (χ0n) is 24.9. The molecule has 45 heavy (non-hydrogen) atoms. The predicted octanol–water partition coefficient (Wildman–Crippen LogP) is 3.79. The van der Waals surface area contributed by atoms with Gasteiger partial charge in [-0.15, -0.1) is 0 Å². The minimum Gasteiger partial charge on any atom is -0.497 e. The molecule has 0 radical (unpaired) electrons. The van der Waals surface area contributed by atoms with Crippen LogP contribution in [0.1, 0.15) is 11.1 Å². The molecule has 0 aliphatic carbocycles. The second-order valence-corrected chi connectivity index (χ2v) is 11.5. The number of anilines is 1. The van der Waals surface area contributed by atoms with Gasteiger partial charge in [-0.1, -0.05) is 48.5 Å². The smallest absolute Gasteiger partial charge is 0.264 e. The number of ether oxygens (including phenoxy) is 3. The maximum atomic E-state index is 13.6. The molecule has 234 valence electrons. The highest BCUT2D eigenvalue weighted by atomic mass is 32.2.